The van der Waals surface area contributed by atoms with E-state index in [0.29, 0.717) is 23.2 Å². The molecule has 0 radical (unpaired) electrons. The van der Waals surface area contributed by atoms with E-state index in [-0.39, 0.29) is 5.91 Å². The van der Waals surface area contributed by atoms with Gasteiger partial charge in [0.25, 0.3) is 0 Å². The van der Waals surface area contributed by atoms with Gasteiger partial charge in [0.1, 0.15) is 0 Å². The van der Waals surface area contributed by atoms with E-state index in [1.807, 2.05) is 29.1 Å². The topological polar surface area (TPSA) is 73.2 Å². The summed E-state index contributed by atoms with van der Waals surface area (Å²) in [6.07, 6.45) is 5.82. The molecule has 0 aliphatic carbocycles. The summed E-state index contributed by atoms with van der Waals surface area (Å²) in [5.74, 6) is -0.169. The number of aryl methyl sites for hydroxylation is 1. The van der Waals surface area contributed by atoms with Gasteiger partial charge in [0.2, 0.25) is 5.91 Å². The molecule has 0 unspecified atom stereocenters. The van der Waals surface area contributed by atoms with Crippen molar-refractivity contribution in [1.29, 1.82) is 0 Å². The van der Waals surface area contributed by atoms with Gasteiger partial charge in [-0.05, 0) is 30.9 Å². The van der Waals surface area contributed by atoms with Crippen molar-refractivity contribution in [3.63, 3.8) is 0 Å². The van der Waals surface area contributed by atoms with E-state index in [9.17, 15) is 9.59 Å². The highest BCUT2D eigenvalue weighted by Crippen LogP contribution is 2.26. The van der Waals surface area contributed by atoms with Gasteiger partial charge < -0.3 is 14.6 Å². The minimum atomic E-state index is -0.463. The second kappa shape index (κ2) is 8.63. The minimum absolute atomic E-state index is 0.0941. The predicted octanol–water partition coefficient (Wildman–Crippen LogP) is 3.35. The summed E-state index contributed by atoms with van der Waals surface area (Å²) in [5, 5.41) is 3.24. The summed E-state index contributed by atoms with van der Waals surface area (Å²) < 4.78 is 6.81. The van der Waals surface area contributed by atoms with Gasteiger partial charge in [0, 0.05) is 30.2 Å². The maximum absolute atomic E-state index is 12.1. The van der Waals surface area contributed by atoms with E-state index in [0.717, 1.165) is 24.3 Å². The van der Waals surface area contributed by atoms with Crippen LogP contribution in [-0.4, -0.2) is 28.5 Å². The molecular formula is C17H23N3O3S. The van der Waals surface area contributed by atoms with E-state index < -0.39 is 5.97 Å². The number of nitrogens with one attached hydrogen (secondary N) is 1. The molecule has 0 aliphatic heterocycles. The van der Waals surface area contributed by atoms with Crippen LogP contribution >= 0.6 is 11.3 Å². The molecule has 0 saturated heterocycles. The number of aromatic nitrogens is 2. The van der Waals surface area contributed by atoms with Gasteiger partial charge in [-0.15, -0.1) is 11.3 Å². The van der Waals surface area contributed by atoms with Gasteiger partial charge in [-0.2, -0.15) is 0 Å². The van der Waals surface area contributed by atoms with Gasteiger partial charge in [0.15, 0.2) is 10.8 Å². The van der Waals surface area contributed by atoms with Crippen LogP contribution in [-0.2, 0) is 22.5 Å². The lowest BCUT2D eigenvalue weighted by molar-refractivity contribution is -0.116. The van der Waals surface area contributed by atoms with Crippen LogP contribution in [0.5, 0.6) is 0 Å². The molecule has 0 spiro atoms. The average molecular weight is 349 g/mol. The van der Waals surface area contributed by atoms with Crippen molar-refractivity contribution in [2.24, 2.45) is 5.92 Å². The molecular weight excluding hydrogens is 326 g/mol. The smallest absolute Gasteiger partial charge is 0.357 e. The first-order valence-corrected chi connectivity index (χ1v) is 8.80. The first-order chi connectivity index (χ1) is 11.5. The highest BCUT2D eigenvalue weighted by Gasteiger charge is 2.20. The number of hydrogen-bond donors (Lipinski definition) is 1. The summed E-state index contributed by atoms with van der Waals surface area (Å²) in [6, 6.07) is 3.92. The van der Waals surface area contributed by atoms with Crippen LogP contribution in [0.4, 0.5) is 5.13 Å². The third-order valence-corrected chi connectivity index (χ3v) is 4.40. The third kappa shape index (κ3) is 5.19. The van der Waals surface area contributed by atoms with E-state index in [2.05, 4.69) is 24.1 Å². The van der Waals surface area contributed by atoms with Crippen LogP contribution in [0.2, 0.25) is 0 Å². The molecule has 0 aliphatic rings. The highest BCUT2D eigenvalue weighted by atomic mass is 32.1. The van der Waals surface area contributed by atoms with E-state index in [1.165, 1.54) is 18.4 Å². The van der Waals surface area contributed by atoms with Crippen molar-refractivity contribution in [2.45, 2.75) is 39.7 Å². The standard InChI is InChI=1S/C17H23N3O3S/c1-12(2)11-13-15(16(22)23-3)19-17(24-13)18-14(21)7-6-10-20-8-4-5-9-20/h4-5,8-9,12H,6-7,10-11H2,1-3H3,(H,18,19,21). The summed E-state index contributed by atoms with van der Waals surface area (Å²) >= 11 is 1.34. The van der Waals surface area contributed by atoms with E-state index in [1.54, 1.807) is 0 Å². The minimum Gasteiger partial charge on any atom is -0.464 e. The number of nitrogens with zero attached hydrogens (tertiary/aromatic N) is 2. The number of thiazole rings is 1. The number of esters is 1. The Morgan fingerprint density at radius 3 is 2.67 bits per heavy atom. The third-order valence-electron chi connectivity index (χ3n) is 3.40. The van der Waals surface area contributed by atoms with Gasteiger partial charge >= 0.3 is 5.97 Å². The molecule has 0 aromatic carbocycles. The zero-order valence-electron chi connectivity index (χ0n) is 14.2. The maximum atomic E-state index is 12.1. The second-order valence-corrected chi connectivity index (χ2v) is 7.04. The largest absolute Gasteiger partial charge is 0.464 e. The Labute approximate surface area is 145 Å². The van der Waals surface area contributed by atoms with Gasteiger partial charge in [0.05, 0.1) is 7.11 Å². The fraction of sp³-hybridized carbons (Fsp3) is 0.471. The molecule has 0 bridgehead atoms. The van der Waals surface area contributed by atoms with Crippen LogP contribution in [0, 0.1) is 5.92 Å². The van der Waals surface area contributed by atoms with Gasteiger partial charge in [-0.25, -0.2) is 9.78 Å². The van der Waals surface area contributed by atoms with Crippen LogP contribution in [0.1, 0.15) is 42.1 Å². The summed E-state index contributed by atoms with van der Waals surface area (Å²) in [4.78, 5) is 29.0. The quantitative estimate of drug-likeness (QED) is 0.742. The first kappa shape index (κ1) is 18.2. The molecule has 6 nitrogen and oxygen atoms in total. The van der Waals surface area contributed by atoms with Crippen molar-refractivity contribution in [3.05, 3.63) is 35.1 Å². The Balaban J connectivity index is 1.94. The zero-order valence-corrected chi connectivity index (χ0v) is 15.1. The molecule has 2 rings (SSSR count). The van der Waals surface area contributed by atoms with Crippen molar-refractivity contribution in [3.8, 4) is 0 Å². The number of ether oxygens (including phenoxy) is 1. The van der Waals surface area contributed by atoms with E-state index in [4.69, 9.17) is 4.74 Å². The van der Waals surface area contributed by atoms with Gasteiger partial charge in [-0.3, -0.25) is 4.79 Å². The van der Waals surface area contributed by atoms with Crippen LogP contribution in [0.3, 0.4) is 0 Å². The molecule has 2 aromatic heterocycles. The first-order valence-electron chi connectivity index (χ1n) is 7.98. The summed E-state index contributed by atoms with van der Waals surface area (Å²) in [7, 11) is 1.33. The van der Waals surface area contributed by atoms with Crippen molar-refractivity contribution < 1.29 is 14.3 Å². The fourth-order valence-corrected chi connectivity index (χ4v) is 3.47. The number of carbonyl (C=O) groups is 2. The summed E-state index contributed by atoms with van der Waals surface area (Å²) in [6.45, 7) is 4.94. The molecule has 2 heterocycles. The van der Waals surface area contributed by atoms with Crippen LogP contribution in [0.15, 0.2) is 24.5 Å². The molecule has 2 aromatic rings. The predicted molar refractivity (Wildman–Crippen MR) is 94.3 cm³/mol. The molecule has 130 valence electrons. The lowest BCUT2D eigenvalue weighted by Gasteiger charge is -2.03. The number of rotatable bonds is 8. The molecule has 1 amide bonds. The van der Waals surface area contributed by atoms with Crippen LogP contribution < -0.4 is 5.32 Å². The monoisotopic (exact) mass is 349 g/mol. The lowest BCUT2D eigenvalue weighted by atomic mass is 10.1. The molecule has 1 N–H and O–H groups in total. The Kier molecular flexibility index (Phi) is 6.54. The van der Waals surface area contributed by atoms with Crippen LogP contribution in [0.25, 0.3) is 0 Å². The van der Waals surface area contributed by atoms with Crippen molar-refractivity contribution in [1.82, 2.24) is 9.55 Å². The normalized spacial score (nSPS) is 10.8. The zero-order chi connectivity index (χ0) is 17.5. The molecule has 0 saturated carbocycles. The maximum Gasteiger partial charge on any atom is 0.357 e. The van der Waals surface area contributed by atoms with Crippen molar-refractivity contribution in [2.75, 3.05) is 12.4 Å². The fourth-order valence-electron chi connectivity index (χ4n) is 2.29. The molecule has 7 heteroatoms. The Hall–Kier alpha value is -2.15. The SMILES string of the molecule is COC(=O)c1nc(NC(=O)CCCn2cccc2)sc1CC(C)C. The Bertz CT molecular complexity index is 677. The Morgan fingerprint density at radius 2 is 2.04 bits per heavy atom. The van der Waals surface area contributed by atoms with E-state index >= 15 is 0 Å². The number of carbonyl (C=O) groups excluding carboxylic acids is 2. The highest BCUT2D eigenvalue weighted by molar-refractivity contribution is 7.16. The number of hydrogen-bond acceptors (Lipinski definition) is 5. The van der Waals surface area contributed by atoms with Crippen molar-refractivity contribution >= 4 is 28.3 Å². The number of amides is 1. The molecule has 0 atom stereocenters. The average Bonchev–Trinajstić information content (AvgIpc) is 3.16. The summed E-state index contributed by atoms with van der Waals surface area (Å²) in [5.41, 5.74) is 0.304. The Morgan fingerprint density at radius 1 is 1.33 bits per heavy atom. The lowest BCUT2D eigenvalue weighted by Crippen LogP contribution is -2.12. The molecule has 24 heavy (non-hydrogen) atoms. The number of methoxy groups -OCH3 is 1. The van der Waals surface area contributed by atoms with Gasteiger partial charge in [-0.1, -0.05) is 13.8 Å². The second-order valence-electron chi connectivity index (χ2n) is 5.95. The number of anilines is 1. The molecule has 0 fully saturated rings.